The van der Waals surface area contributed by atoms with Crippen molar-refractivity contribution < 1.29 is 20.1 Å². The average Bonchev–Trinajstić information content (AvgIpc) is 2.93. The molecule has 0 saturated carbocycles. The van der Waals surface area contributed by atoms with E-state index in [0.29, 0.717) is 0 Å². The molecule has 5 aromatic rings. The normalized spacial score (nSPS) is 12.5. The summed E-state index contributed by atoms with van der Waals surface area (Å²) in [6, 6.07) is 35.7. The Bertz CT molecular complexity index is 1350. The van der Waals surface area contributed by atoms with Crippen LogP contribution < -0.4 is 0 Å². The molecule has 1 radical (unpaired) electrons. The van der Waals surface area contributed by atoms with Gasteiger partial charge < -0.3 is 9.97 Å². The van der Waals surface area contributed by atoms with Crippen LogP contribution in [-0.4, -0.2) is 9.97 Å². The first-order valence-electron chi connectivity index (χ1n) is 11.9. The van der Waals surface area contributed by atoms with Crippen LogP contribution in [0.25, 0.3) is 33.6 Å². The molecule has 3 heteroatoms. The van der Waals surface area contributed by atoms with Gasteiger partial charge in [0, 0.05) is 32.5 Å². The monoisotopic (exact) mass is 629 g/mol. The van der Waals surface area contributed by atoms with E-state index < -0.39 is 0 Å². The van der Waals surface area contributed by atoms with Crippen molar-refractivity contribution in [1.29, 1.82) is 0 Å². The summed E-state index contributed by atoms with van der Waals surface area (Å²) < 4.78 is 0. The summed E-state index contributed by atoms with van der Waals surface area (Å²) in [6.07, 6.45) is 8.17. The number of aromatic nitrogens is 2. The van der Waals surface area contributed by atoms with Crippen LogP contribution in [0, 0.1) is 12.1 Å². The van der Waals surface area contributed by atoms with Crippen LogP contribution in [0.4, 0.5) is 0 Å². The van der Waals surface area contributed by atoms with E-state index in [9.17, 15) is 0 Å². The zero-order valence-corrected chi connectivity index (χ0v) is 21.7. The third kappa shape index (κ3) is 4.75. The maximum atomic E-state index is 4.50. The Morgan fingerprint density at radius 1 is 0.571 bits per heavy atom. The molecule has 0 spiro atoms. The third-order valence-corrected chi connectivity index (χ3v) is 6.61. The largest absolute Gasteiger partial charge is 0.305 e. The van der Waals surface area contributed by atoms with Crippen LogP contribution in [0.15, 0.2) is 97.3 Å². The van der Waals surface area contributed by atoms with Crippen molar-refractivity contribution in [3.8, 4) is 33.6 Å². The van der Waals surface area contributed by atoms with Gasteiger partial charge in [0.1, 0.15) is 0 Å². The predicted molar refractivity (Wildman–Crippen MR) is 137 cm³/mol. The van der Waals surface area contributed by atoms with Crippen LogP contribution in [0.3, 0.4) is 0 Å². The van der Waals surface area contributed by atoms with Gasteiger partial charge >= 0.3 is 0 Å². The van der Waals surface area contributed by atoms with Gasteiger partial charge in [-0.15, -0.1) is 64.7 Å². The van der Waals surface area contributed by atoms with E-state index in [1.807, 2.05) is 54.7 Å². The summed E-state index contributed by atoms with van der Waals surface area (Å²) in [5, 5.41) is 0. The van der Waals surface area contributed by atoms with E-state index in [4.69, 9.17) is 0 Å². The van der Waals surface area contributed by atoms with Crippen molar-refractivity contribution in [1.82, 2.24) is 9.97 Å². The maximum absolute atomic E-state index is 4.50. The Balaban J connectivity index is 0.000000167. The van der Waals surface area contributed by atoms with Crippen LogP contribution in [0.2, 0.25) is 0 Å². The molecule has 0 bridgehead atoms. The molecule has 173 valence electrons. The molecule has 3 aromatic carbocycles. The fraction of sp³-hybridized carbons (Fsp3) is 0.125. The minimum Gasteiger partial charge on any atom is -0.305 e. The summed E-state index contributed by atoms with van der Waals surface area (Å²) in [5.74, 6) is 0. The predicted octanol–water partition coefficient (Wildman–Crippen LogP) is 6.96. The zero-order valence-electron chi connectivity index (χ0n) is 19.3. The van der Waals surface area contributed by atoms with Crippen LogP contribution >= 0.6 is 0 Å². The van der Waals surface area contributed by atoms with Crippen molar-refractivity contribution in [3.63, 3.8) is 0 Å². The van der Waals surface area contributed by atoms with Crippen LogP contribution in [0.5, 0.6) is 0 Å². The van der Waals surface area contributed by atoms with Gasteiger partial charge in [-0.3, -0.25) is 0 Å². The average molecular weight is 629 g/mol. The van der Waals surface area contributed by atoms with Gasteiger partial charge in [0.05, 0.1) is 0 Å². The second-order valence-electron chi connectivity index (χ2n) is 8.72. The van der Waals surface area contributed by atoms with E-state index in [1.54, 1.807) is 6.20 Å². The fourth-order valence-corrected chi connectivity index (χ4v) is 5.05. The molecular formula is C32H24IrN2-2. The van der Waals surface area contributed by atoms with Crippen molar-refractivity contribution in [2.24, 2.45) is 0 Å². The van der Waals surface area contributed by atoms with E-state index in [1.165, 1.54) is 33.4 Å². The summed E-state index contributed by atoms with van der Waals surface area (Å²) in [5.41, 5.74) is 13.1. The van der Waals surface area contributed by atoms with Crippen LogP contribution in [0.1, 0.15) is 22.3 Å². The number of rotatable bonds is 2. The minimum atomic E-state index is 0. The molecule has 2 nitrogen and oxygen atoms in total. The molecular weight excluding hydrogens is 605 g/mol. The zero-order chi connectivity index (χ0) is 22.7. The Hall–Kier alpha value is -3.39. The van der Waals surface area contributed by atoms with Crippen LogP contribution in [-0.2, 0) is 45.8 Å². The summed E-state index contributed by atoms with van der Waals surface area (Å²) in [4.78, 5) is 8.72. The number of aryl methyl sites for hydroxylation is 4. The molecule has 0 N–H and O–H groups in total. The fourth-order valence-electron chi connectivity index (χ4n) is 5.05. The Morgan fingerprint density at radius 3 is 1.89 bits per heavy atom. The van der Waals surface area contributed by atoms with E-state index in [-0.39, 0.29) is 20.1 Å². The number of benzene rings is 3. The Morgan fingerprint density at radius 2 is 1.23 bits per heavy atom. The SMILES string of the molecule is [Ir].[c-]1c(-c2ccccn2)cc2c3c1CCc1cccc(c1-3)CC2.[c-]1ccccc1-c1ccccn1. The second-order valence-corrected chi connectivity index (χ2v) is 8.72. The van der Waals surface area contributed by atoms with Gasteiger partial charge in [-0.2, -0.15) is 0 Å². The van der Waals surface area contributed by atoms with Gasteiger partial charge in [0.2, 0.25) is 0 Å². The van der Waals surface area contributed by atoms with Crippen molar-refractivity contribution in [2.75, 3.05) is 0 Å². The third-order valence-electron chi connectivity index (χ3n) is 6.61. The molecule has 0 saturated heterocycles. The molecule has 0 atom stereocenters. The number of pyridine rings is 2. The first kappa shape index (κ1) is 23.4. The molecule has 0 amide bonds. The first-order valence-corrected chi connectivity index (χ1v) is 11.9. The Kier molecular flexibility index (Phi) is 6.99. The Labute approximate surface area is 220 Å². The van der Waals surface area contributed by atoms with E-state index in [2.05, 4.69) is 58.5 Å². The second kappa shape index (κ2) is 10.5. The van der Waals surface area contributed by atoms with Gasteiger partial charge in [-0.1, -0.05) is 53.6 Å². The topological polar surface area (TPSA) is 25.8 Å². The van der Waals surface area contributed by atoms with Crippen molar-refractivity contribution in [3.05, 3.63) is 132 Å². The first-order chi connectivity index (χ1) is 16.9. The maximum Gasteiger partial charge on any atom is 0.0160 e. The smallest absolute Gasteiger partial charge is 0.0160 e. The molecule has 0 aliphatic heterocycles. The summed E-state index contributed by atoms with van der Waals surface area (Å²) in [7, 11) is 0. The van der Waals surface area contributed by atoms with Crippen molar-refractivity contribution >= 4 is 0 Å². The number of hydrogen-bond donors (Lipinski definition) is 0. The molecule has 35 heavy (non-hydrogen) atoms. The minimum absolute atomic E-state index is 0. The van der Waals surface area contributed by atoms with E-state index >= 15 is 0 Å². The summed E-state index contributed by atoms with van der Waals surface area (Å²) >= 11 is 0. The molecule has 0 unspecified atom stereocenters. The molecule has 0 fully saturated rings. The summed E-state index contributed by atoms with van der Waals surface area (Å²) in [6.45, 7) is 0. The standard InChI is InChI=1S/C21H16N.C11H8N.Ir/c1-2-11-22-19(6-1)18-12-16-9-7-14-4-3-5-15-8-10-17(13-18)21(16)20(14)15;1-2-6-10(7-3-1)11-8-4-5-9-12-11;/h1-6,11-12H,7-10H2;1-6,8-9H;/q2*-1;. The van der Waals surface area contributed by atoms with Gasteiger partial charge in [0.15, 0.2) is 0 Å². The van der Waals surface area contributed by atoms with Crippen molar-refractivity contribution in [2.45, 2.75) is 25.7 Å². The van der Waals surface area contributed by atoms with Gasteiger partial charge in [0.25, 0.3) is 0 Å². The molecule has 2 aromatic heterocycles. The quantitative estimate of drug-likeness (QED) is 0.198. The van der Waals surface area contributed by atoms with Gasteiger partial charge in [-0.05, 0) is 60.3 Å². The van der Waals surface area contributed by atoms with Gasteiger partial charge in [-0.25, -0.2) is 0 Å². The number of nitrogens with zero attached hydrogens (tertiary/aromatic N) is 2. The molecule has 2 heterocycles. The molecule has 2 aliphatic carbocycles. The molecule has 2 aliphatic rings. The molecule has 7 rings (SSSR count). The number of hydrogen-bond acceptors (Lipinski definition) is 2. The van der Waals surface area contributed by atoms with E-state index in [0.717, 1.165) is 48.2 Å².